The van der Waals surface area contributed by atoms with Crippen molar-refractivity contribution in [2.24, 2.45) is 0 Å². The van der Waals surface area contributed by atoms with E-state index in [-0.39, 0.29) is 0 Å². The van der Waals surface area contributed by atoms with Crippen molar-refractivity contribution in [2.45, 2.75) is 19.6 Å². The Balaban J connectivity index is 2.09. The Hall–Kier alpha value is -1.30. The van der Waals surface area contributed by atoms with Gasteiger partial charge < -0.3 is 0 Å². The topological polar surface area (TPSA) is 0 Å². The van der Waals surface area contributed by atoms with Crippen molar-refractivity contribution in [3.8, 4) is 5.92 Å². The number of benzene rings is 2. The average Bonchev–Trinajstić information content (AvgIpc) is 2.35. The van der Waals surface area contributed by atoms with Gasteiger partial charge in [0.25, 0.3) is 0 Å². The van der Waals surface area contributed by atoms with Gasteiger partial charge in [0, 0.05) is 25.1 Å². The lowest BCUT2D eigenvalue weighted by atomic mass is 10.2. The number of rotatable bonds is 0. The third-order valence-electron chi connectivity index (χ3n) is 2.38. The minimum absolute atomic E-state index is 0.839. The van der Waals surface area contributed by atoms with Gasteiger partial charge in [-0.15, -0.1) is 0 Å². The van der Waals surface area contributed by atoms with Crippen LogP contribution < -0.4 is 0 Å². The second-order valence-electron chi connectivity index (χ2n) is 3.44. The fraction of sp³-hybridized carbons (Fsp3) is 0. The molecule has 0 unspecified atom stereocenters. The molecule has 75 valence electrons. The Labute approximate surface area is 103 Å². The smallest absolute Gasteiger partial charge is 0.0274 e. The minimum atomic E-state index is 0.839. The predicted octanol–water partition coefficient (Wildman–Crippen LogP) is 4.24. The maximum atomic E-state index is 7.14. The van der Waals surface area contributed by atoms with Gasteiger partial charge >= 0.3 is 0 Å². The number of fused-ring (bicyclic) bond motifs is 2. The number of hydrogen-bond acceptors (Lipinski definition) is 2. The minimum Gasteiger partial charge on any atom is -0.0877 e. The normalized spacial score (nSPS) is 12.4. The third kappa shape index (κ3) is 1.63. The highest BCUT2D eigenvalue weighted by molar-refractivity contribution is 8.05. The molecule has 0 fully saturated rings. The predicted molar refractivity (Wildman–Crippen MR) is 67.4 cm³/mol. The number of hydrogen-bond donors (Lipinski definition) is 0. The highest BCUT2D eigenvalue weighted by Crippen LogP contribution is 2.48. The van der Waals surface area contributed by atoms with Gasteiger partial charge in [-0.25, -0.2) is 0 Å². The summed E-state index contributed by atoms with van der Waals surface area (Å²) in [6, 6.07) is 14.4. The molecule has 0 aromatic heterocycles. The quantitative estimate of drug-likeness (QED) is 0.538. The average molecular weight is 239 g/mol. The monoisotopic (exact) mass is 239 g/mol. The zero-order chi connectivity index (χ0) is 11.0. The fourth-order valence-electron chi connectivity index (χ4n) is 1.61. The second-order valence-corrected chi connectivity index (χ2v) is 5.60. The molecule has 0 N–H and O–H groups in total. The van der Waals surface area contributed by atoms with Gasteiger partial charge in [-0.1, -0.05) is 41.6 Å². The maximum Gasteiger partial charge on any atom is 0.0274 e. The molecule has 0 aliphatic carbocycles. The molecule has 0 atom stereocenters. The molecule has 0 amide bonds. The van der Waals surface area contributed by atoms with E-state index in [1.807, 2.05) is 12.1 Å². The standard InChI is InChI=1S/C14H7S2/c1-2-10-7-8-13-14(9-10)16-12-6-4-3-5-11(12)15-13/h3-9H. The van der Waals surface area contributed by atoms with E-state index >= 15 is 0 Å². The van der Waals surface area contributed by atoms with E-state index in [0.717, 1.165) is 5.56 Å². The van der Waals surface area contributed by atoms with Crippen LogP contribution in [0.2, 0.25) is 0 Å². The molecule has 16 heavy (non-hydrogen) atoms. The van der Waals surface area contributed by atoms with Crippen LogP contribution in [0.25, 0.3) is 0 Å². The van der Waals surface area contributed by atoms with Gasteiger partial charge in [0.1, 0.15) is 0 Å². The lowest BCUT2D eigenvalue weighted by molar-refractivity contribution is 1.15. The van der Waals surface area contributed by atoms with E-state index in [1.165, 1.54) is 19.6 Å². The molecular weight excluding hydrogens is 232 g/mol. The summed E-state index contributed by atoms with van der Waals surface area (Å²) in [6.45, 7) is 0. The molecule has 2 aromatic rings. The van der Waals surface area contributed by atoms with E-state index in [1.54, 1.807) is 23.5 Å². The van der Waals surface area contributed by atoms with Crippen molar-refractivity contribution >= 4 is 23.5 Å². The van der Waals surface area contributed by atoms with Crippen molar-refractivity contribution < 1.29 is 0 Å². The molecular formula is C14H7S2. The molecule has 0 nitrogen and oxygen atoms in total. The summed E-state index contributed by atoms with van der Waals surface area (Å²) < 4.78 is 0. The van der Waals surface area contributed by atoms with Gasteiger partial charge in [-0.3, -0.25) is 0 Å². The van der Waals surface area contributed by atoms with Crippen molar-refractivity contribution in [3.05, 3.63) is 54.5 Å². The first-order chi connectivity index (χ1) is 7.86. The Bertz CT molecular complexity index is 594. The summed E-state index contributed by atoms with van der Waals surface area (Å²) in [5.41, 5.74) is 0.839. The van der Waals surface area contributed by atoms with Crippen LogP contribution in [-0.2, 0) is 0 Å². The SMILES string of the molecule is [C]#Cc1ccc2c(c1)Sc1ccccc1S2. The Morgan fingerprint density at radius 1 is 0.812 bits per heavy atom. The molecule has 1 radical (unpaired) electrons. The fourth-order valence-corrected chi connectivity index (χ4v) is 3.86. The second kappa shape index (κ2) is 3.93. The Kier molecular flexibility index (Phi) is 2.43. The van der Waals surface area contributed by atoms with Crippen molar-refractivity contribution in [2.75, 3.05) is 0 Å². The molecule has 1 aliphatic heterocycles. The van der Waals surface area contributed by atoms with Gasteiger partial charge in [-0.05, 0) is 36.8 Å². The molecule has 1 heterocycles. The summed E-state index contributed by atoms with van der Waals surface area (Å²) in [5.74, 6) is 2.43. The first kappa shape index (κ1) is 9.89. The zero-order valence-electron chi connectivity index (χ0n) is 8.36. The van der Waals surface area contributed by atoms with Crippen molar-refractivity contribution in [3.63, 3.8) is 0 Å². The summed E-state index contributed by atoms with van der Waals surface area (Å²) in [5, 5.41) is 0. The molecule has 2 aromatic carbocycles. The van der Waals surface area contributed by atoms with Crippen LogP contribution in [0.15, 0.2) is 62.0 Å². The van der Waals surface area contributed by atoms with Gasteiger partial charge in [0.05, 0.1) is 0 Å². The first-order valence-electron chi connectivity index (χ1n) is 4.88. The maximum absolute atomic E-state index is 7.14. The molecule has 0 bridgehead atoms. The molecule has 0 spiro atoms. The van der Waals surface area contributed by atoms with Gasteiger partial charge in [0.15, 0.2) is 0 Å². The molecule has 3 rings (SSSR count). The van der Waals surface area contributed by atoms with Gasteiger partial charge in [-0.2, -0.15) is 0 Å². The van der Waals surface area contributed by atoms with Crippen LogP contribution in [0, 0.1) is 12.3 Å². The van der Waals surface area contributed by atoms with Crippen LogP contribution in [0.5, 0.6) is 0 Å². The zero-order valence-corrected chi connectivity index (χ0v) is 9.99. The van der Waals surface area contributed by atoms with Crippen LogP contribution in [0.4, 0.5) is 0 Å². The highest BCUT2D eigenvalue weighted by atomic mass is 32.2. The lowest BCUT2D eigenvalue weighted by Gasteiger charge is -2.17. The van der Waals surface area contributed by atoms with Gasteiger partial charge in [0.2, 0.25) is 0 Å². The third-order valence-corrected chi connectivity index (χ3v) is 4.92. The summed E-state index contributed by atoms with van der Waals surface area (Å²) >= 11 is 3.56. The van der Waals surface area contributed by atoms with Crippen LogP contribution in [0.1, 0.15) is 5.56 Å². The van der Waals surface area contributed by atoms with Crippen LogP contribution in [-0.4, -0.2) is 0 Å². The summed E-state index contributed by atoms with van der Waals surface area (Å²) in [6.07, 6.45) is 7.14. The van der Waals surface area contributed by atoms with E-state index in [2.05, 4.69) is 36.3 Å². The van der Waals surface area contributed by atoms with Crippen molar-refractivity contribution in [1.29, 1.82) is 0 Å². The van der Waals surface area contributed by atoms with E-state index in [4.69, 9.17) is 6.42 Å². The highest BCUT2D eigenvalue weighted by Gasteiger charge is 2.16. The Morgan fingerprint density at radius 2 is 1.44 bits per heavy atom. The van der Waals surface area contributed by atoms with Crippen LogP contribution in [0.3, 0.4) is 0 Å². The summed E-state index contributed by atoms with van der Waals surface area (Å²) in [7, 11) is 0. The van der Waals surface area contributed by atoms with E-state index in [9.17, 15) is 0 Å². The lowest BCUT2D eigenvalue weighted by Crippen LogP contribution is -1.89. The van der Waals surface area contributed by atoms with E-state index < -0.39 is 0 Å². The largest absolute Gasteiger partial charge is 0.0877 e. The van der Waals surface area contributed by atoms with Crippen molar-refractivity contribution in [1.82, 2.24) is 0 Å². The first-order valence-corrected chi connectivity index (χ1v) is 6.51. The van der Waals surface area contributed by atoms with Crippen LogP contribution >= 0.6 is 23.5 Å². The molecule has 0 saturated carbocycles. The molecule has 1 aliphatic rings. The van der Waals surface area contributed by atoms with E-state index in [0.29, 0.717) is 0 Å². The summed E-state index contributed by atoms with van der Waals surface area (Å²) in [4.78, 5) is 5.09. The molecule has 2 heteroatoms. The molecule has 0 saturated heterocycles. The Morgan fingerprint density at radius 3 is 2.12 bits per heavy atom.